The molecule has 13 fully saturated rings. The number of carbonyl (C=O) groups is 9. The van der Waals surface area contributed by atoms with Gasteiger partial charge in [-0.1, -0.05) is 124 Å². The molecule has 0 amide bonds. The normalized spacial score (nSPS) is 28.7. The lowest BCUT2D eigenvalue weighted by molar-refractivity contribution is -0.225. The van der Waals surface area contributed by atoms with E-state index in [9.17, 15) is 74.4 Å². The molecule has 17 rings (SSSR count). The Morgan fingerprint density at radius 1 is 0.517 bits per heavy atom. The average molecular weight is 2040 g/mol. The number of halogens is 3. The number of benzene rings is 4. The van der Waals surface area contributed by atoms with E-state index in [4.69, 9.17) is 47.7 Å². The molecule has 9 saturated carbocycles. The van der Waals surface area contributed by atoms with Gasteiger partial charge in [0.2, 0.25) is 6.10 Å². The van der Waals surface area contributed by atoms with Crippen LogP contribution in [0.3, 0.4) is 0 Å². The van der Waals surface area contributed by atoms with Crippen molar-refractivity contribution in [2.75, 3.05) is 5.75 Å². The number of esters is 9. The largest absolute Gasteiger partial charge is 0.748 e. The Balaban J connectivity index is 0.000000183. The Kier molecular flexibility index (Phi) is 39.1. The van der Waals surface area contributed by atoms with Gasteiger partial charge in [0.15, 0.2) is 32.5 Å². The van der Waals surface area contributed by atoms with Crippen molar-refractivity contribution in [1.29, 1.82) is 0 Å². The van der Waals surface area contributed by atoms with Crippen LogP contribution >= 0.6 is 0 Å². The summed E-state index contributed by atoms with van der Waals surface area (Å²) < 4.78 is 123. The highest BCUT2D eigenvalue weighted by Crippen LogP contribution is 2.71. The van der Waals surface area contributed by atoms with E-state index >= 15 is 0 Å². The summed E-state index contributed by atoms with van der Waals surface area (Å²) in [5.74, 6) is 3.00. The van der Waals surface area contributed by atoms with Gasteiger partial charge < -0.3 is 62.1 Å². The SMILES string of the molecule is CCC(C)(C)C(=O)OC(CS(=O)(=O)[O-])C(F)(F)F.CCC(C)(C)C(=O)OC1(C(C)C)CCCC1.CCC(C)(C)C(=O)OC1(C)CC(=O)OC1C.CCC(C)(C)C(=O)OC1(CC)CC2CC1C1C3CCC(C3)C21.CCC(C)(C)C(=O)OC12CC3CC(CC(O)(C3)C1)C2.CCC(C)(C)C(=O)OC1C2CC3C(=O)OC1C3O2.CCC(C)(C)C(=O)Oc1ccc(O)cc1.c1ccc([S+](c2ccccc2)c2ccccc2)cc1. The average Bonchev–Trinajstić information content (AvgIpc) is 1.56. The molecule has 800 valence electrons. The number of rotatable bonds is 28. The number of fused-ring (bicyclic) bond motifs is 10. The zero-order chi connectivity index (χ0) is 107. The topological polar surface area (TPSA) is 344 Å². The van der Waals surface area contributed by atoms with Crippen molar-refractivity contribution in [3.8, 4) is 11.5 Å². The van der Waals surface area contributed by atoms with E-state index in [-0.39, 0.29) is 129 Å². The number of phenolic OH excluding ortho intramolecular Hbond substituents is 1. The van der Waals surface area contributed by atoms with Gasteiger partial charge in [-0.25, -0.2) is 8.42 Å². The number of hydrogen-bond donors (Lipinski definition) is 2. The molecule has 17 unspecified atom stereocenters. The van der Waals surface area contributed by atoms with Gasteiger partial charge in [-0.3, -0.25) is 43.2 Å². The number of aliphatic hydroxyl groups is 1. The quantitative estimate of drug-likeness (QED) is 0.0133. The van der Waals surface area contributed by atoms with Crippen LogP contribution in [0.15, 0.2) is 130 Å². The predicted molar refractivity (Wildman–Crippen MR) is 539 cm³/mol. The fourth-order valence-corrected chi connectivity index (χ4v) is 24.5. The second-order valence-electron chi connectivity index (χ2n) is 47.4. The Hall–Kier alpha value is -8.12. The minimum Gasteiger partial charge on any atom is -0.748 e. The first-order valence-electron chi connectivity index (χ1n) is 52.4. The molecule has 4 saturated heterocycles. The van der Waals surface area contributed by atoms with Crippen molar-refractivity contribution >= 4 is 74.7 Å². The molecule has 2 N–H and O–H groups in total. The van der Waals surface area contributed by atoms with Crippen molar-refractivity contribution < 1.29 is 127 Å². The van der Waals surface area contributed by atoms with Gasteiger partial charge in [-0.15, -0.1) is 0 Å². The third-order valence-electron chi connectivity index (χ3n) is 33.9. The van der Waals surface area contributed by atoms with Crippen LogP contribution in [0.25, 0.3) is 0 Å². The third-order valence-corrected chi connectivity index (χ3v) is 36.8. The molecule has 0 radical (unpaired) electrons. The van der Waals surface area contributed by atoms with Crippen LogP contribution in [-0.2, 0) is 107 Å². The van der Waals surface area contributed by atoms with Gasteiger partial charge in [0.1, 0.15) is 40.5 Å². The molecule has 4 aliphatic heterocycles. The molecule has 10 bridgehead atoms. The van der Waals surface area contributed by atoms with Crippen LogP contribution in [0.1, 0.15) is 341 Å². The fraction of sp³-hybridized carbons (Fsp3) is 0.711. The first-order valence-corrected chi connectivity index (χ1v) is 55.2. The van der Waals surface area contributed by atoms with Crippen molar-refractivity contribution in [3.63, 3.8) is 0 Å². The monoisotopic (exact) mass is 2040 g/mol. The second kappa shape index (κ2) is 47.2. The van der Waals surface area contributed by atoms with Crippen LogP contribution in [0.5, 0.6) is 11.5 Å². The van der Waals surface area contributed by atoms with E-state index in [1.807, 2.05) is 118 Å². The maximum Gasteiger partial charge on any atom is 0.426 e. The molecule has 17 atom stereocenters. The van der Waals surface area contributed by atoms with Crippen molar-refractivity contribution in [3.05, 3.63) is 115 Å². The summed E-state index contributed by atoms with van der Waals surface area (Å²) >= 11 is 0. The highest BCUT2D eigenvalue weighted by Gasteiger charge is 2.69. The summed E-state index contributed by atoms with van der Waals surface area (Å²) in [4.78, 5) is 111. The first kappa shape index (κ1) is 118. The molecule has 0 spiro atoms. The number of cyclic esters (lactones) is 1. The molecule has 4 heterocycles. The van der Waals surface area contributed by atoms with Gasteiger partial charge in [0.25, 0.3) is 0 Å². The van der Waals surface area contributed by atoms with Crippen LogP contribution < -0.4 is 4.74 Å². The zero-order valence-electron chi connectivity index (χ0n) is 89.9. The van der Waals surface area contributed by atoms with E-state index in [2.05, 4.69) is 123 Å². The molecule has 0 aromatic heterocycles. The maximum atomic E-state index is 12.7. The van der Waals surface area contributed by atoms with Crippen LogP contribution in [0, 0.1) is 97.1 Å². The predicted octanol–water partition coefficient (Wildman–Crippen LogP) is 23.9. The third kappa shape index (κ3) is 29.1. The summed E-state index contributed by atoms with van der Waals surface area (Å²) in [6, 6.07) is 38.3. The minimum absolute atomic E-state index is 0.0146. The van der Waals surface area contributed by atoms with Crippen LogP contribution in [-0.4, -0.2) is 153 Å². The van der Waals surface area contributed by atoms with E-state index in [1.165, 1.54) is 85.6 Å². The maximum absolute atomic E-state index is 12.7. The smallest absolute Gasteiger partial charge is 0.426 e. The van der Waals surface area contributed by atoms with E-state index in [0.717, 1.165) is 107 Å². The molecular weight excluding hydrogens is 1870 g/mol. The molecule has 4 aromatic rings. The Morgan fingerprint density at radius 2 is 0.951 bits per heavy atom. The van der Waals surface area contributed by atoms with Crippen molar-refractivity contribution in [2.24, 2.45) is 97.1 Å². The zero-order valence-corrected chi connectivity index (χ0v) is 91.6. The van der Waals surface area contributed by atoms with Gasteiger partial charge >= 0.3 is 59.9 Å². The number of aromatic hydroxyl groups is 1. The lowest BCUT2D eigenvalue weighted by Crippen LogP contribution is -2.61. The van der Waals surface area contributed by atoms with Gasteiger partial charge in [-0.2, -0.15) is 13.2 Å². The Bertz CT molecular complexity index is 4960. The number of ether oxygens (including phenoxy) is 10. The molecule has 24 nitrogen and oxygen atoms in total. The Morgan fingerprint density at radius 3 is 1.38 bits per heavy atom. The summed E-state index contributed by atoms with van der Waals surface area (Å²) in [7, 11) is -5.17. The minimum atomic E-state index is -5.15. The molecule has 9 aliphatic carbocycles. The summed E-state index contributed by atoms with van der Waals surface area (Å²) in [5, 5.41) is 19.7. The number of hydrogen-bond acceptors (Lipinski definition) is 24. The fourth-order valence-electron chi connectivity index (χ4n) is 21.7. The van der Waals surface area contributed by atoms with Gasteiger partial charge in [0.05, 0.1) is 88.7 Å². The second-order valence-corrected chi connectivity index (χ2v) is 50.9. The van der Waals surface area contributed by atoms with E-state index in [1.54, 1.807) is 32.9 Å². The molecule has 29 heteroatoms. The Labute approximate surface area is 852 Å². The summed E-state index contributed by atoms with van der Waals surface area (Å²) in [6.45, 7) is 49.3. The standard InChI is InChI=1S/C20H32O2.C18H15S.C16H26O3.C14H26O2.C13H18O5.C12H20O4.C12H16O3.C9H15F3O5S/c1-5-19(3,4)18(21)22-20(6-2)11-14-10-15(20)17-13-8-7-12(9-13)16(14)17;1-4-10-16(11-5-1)19(17-12-6-2-7-13-17)18-14-8-3-9-15-18;1-4-14(2,3)13(17)19-16-8-11-5-12(9-16)7-15(18,6-11)10-16;1-6-13(4,5)12(15)16-14(11(2)3)9-7-8-10-14;1-4-13(2,3)12(15)18-9-7-5-6-8(16-7)10(9)17-11(6)14;1-6-11(3,4)10(14)16-12(5)7-9(13)15-8(12)2;1-4-12(2,3)11(14)15-10-7-5-9(13)6-8-10;1-4-8(2,3)7(13)17-6(9(10,11)12)5-18(14,15)16/h12-17H,5-11H2,1-4H3;1-15H;11-12,18H,4-10H2,1-3H3;11H,6-10H2,1-5H3;6-10H,4-5H2,1-3H3;8H,6-7H2,1-5H3;5-8,13H,4H2,1-3H3;6H,4-5H2,1-3H3,(H,14,15,16)/q;+1;;;;;;/p-1. The molecule has 143 heavy (non-hydrogen) atoms. The molecule has 4 aromatic carbocycles. The van der Waals surface area contributed by atoms with E-state index < -0.39 is 84.6 Å². The highest BCUT2D eigenvalue weighted by molar-refractivity contribution is 7.97. The number of carbonyl (C=O) groups excluding carboxylic acids is 9. The summed E-state index contributed by atoms with van der Waals surface area (Å²) in [5.41, 5.74) is -5.81. The first-order chi connectivity index (χ1) is 66.4. The van der Waals surface area contributed by atoms with Crippen LogP contribution in [0.2, 0.25) is 0 Å². The molecule has 13 aliphatic rings. The number of phenols is 1. The highest BCUT2D eigenvalue weighted by atomic mass is 32.2. The molecular formula is C114H167F3O24S2. The van der Waals surface area contributed by atoms with Crippen molar-refractivity contribution in [1.82, 2.24) is 0 Å². The lowest BCUT2D eigenvalue weighted by atomic mass is 9.52. The lowest BCUT2D eigenvalue weighted by Gasteiger charge is -2.59. The van der Waals surface area contributed by atoms with E-state index in [0.29, 0.717) is 55.1 Å². The van der Waals surface area contributed by atoms with Gasteiger partial charge in [-0.05, 0) is 366 Å². The summed E-state index contributed by atoms with van der Waals surface area (Å²) in [6.07, 6.45) is 14.0. The van der Waals surface area contributed by atoms with Gasteiger partial charge in [0, 0.05) is 12.3 Å². The number of alkyl halides is 3. The van der Waals surface area contributed by atoms with Crippen LogP contribution in [0.4, 0.5) is 13.2 Å². The van der Waals surface area contributed by atoms with Crippen molar-refractivity contribution in [2.45, 2.75) is 426 Å².